The summed E-state index contributed by atoms with van der Waals surface area (Å²) >= 11 is 3.40. The average molecular weight is 270 g/mol. The normalized spacial score (nSPS) is 26.3. The Hall–Kier alpha value is -0.380. The molecule has 2 nitrogen and oxygen atoms in total. The van der Waals surface area contributed by atoms with Gasteiger partial charge in [-0.05, 0) is 30.0 Å². The van der Waals surface area contributed by atoms with E-state index in [1.54, 1.807) is 0 Å². The maximum Gasteiger partial charge on any atom is 0.0914 e. The van der Waals surface area contributed by atoms with Gasteiger partial charge in [-0.3, -0.25) is 0 Å². The van der Waals surface area contributed by atoms with E-state index in [4.69, 9.17) is 0 Å². The first kappa shape index (κ1) is 11.1. The lowest BCUT2D eigenvalue weighted by molar-refractivity contribution is 0.173. The molecule has 0 aromatic heterocycles. The first-order chi connectivity index (χ1) is 7.16. The van der Waals surface area contributed by atoms with E-state index in [1.165, 1.54) is 6.42 Å². The van der Waals surface area contributed by atoms with Crippen LogP contribution >= 0.6 is 15.9 Å². The Bertz CT molecular complexity index is 342. The number of aliphatic hydroxyl groups excluding tert-OH is 1. The van der Waals surface area contributed by atoms with Gasteiger partial charge in [0.25, 0.3) is 0 Å². The lowest BCUT2D eigenvalue weighted by atomic mass is 10.1. The van der Waals surface area contributed by atoms with Crippen LogP contribution in [0.15, 0.2) is 28.7 Å². The molecule has 15 heavy (non-hydrogen) atoms. The van der Waals surface area contributed by atoms with Crippen LogP contribution in [-0.2, 0) is 0 Å². The monoisotopic (exact) mass is 269 g/mol. The predicted octanol–water partition coefficient (Wildman–Crippen LogP) is 2.48. The molecule has 1 saturated carbocycles. The largest absolute Gasteiger partial charge is 0.387 e. The maximum absolute atomic E-state index is 9.92. The Labute approximate surface area is 98.8 Å². The van der Waals surface area contributed by atoms with Gasteiger partial charge in [0.15, 0.2) is 0 Å². The van der Waals surface area contributed by atoms with Crippen LogP contribution in [0.4, 0.5) is 0 Å². The zero-order valence-corrected chi connectivity index (χ0v) is 10.4. The van der Waals surface area contributed by atoms with Crippen LogP contribution < -0.4 is 5.32 Å². The minimum atomic E-state index is -0.407. The fourth-order valence-electron chi connectivity index (χ4n) is 1.70. The zero-order chi connectivity index (χ0) is 10.8. The van der Waals surface area contributed by atoms with Crippen LogP contribution in [0, 0.1) is 5.92 Å². The van der Waals surface area contributed by atoms with E-state index in [-0.39, 0.29) is 0 Å². The lowest BCUT2D eigenvalue weighted by Crippen LogP contribution is -2.24. The molecule has 0 spiro atoms. The minimum absolute atomic E-state index is 0.407. The molecule has 0 heterocycles. The topological polar surface area (TPSA) is 32.3 Å². The van der Waals surface area contributed by atoms with Gasteiger partial charge in [0.05, 0.1) is 6.10 Å². The summed E-state index contributed by atoms with van der Waals surface area (Å²) < 4.78 is 1.01. The van der Waals surface area contributed by atoms with Crippen molar-refractivity contribution in [1.82, 2.24) is 5.32 Å². The Morgan fingerprint density at radius 3 is 2.93 bits per heavy atom. The Balaban J connectivity index is 1.87. The molecule has 1 aromatic rings. The van der Waals surface area contributed by atoms with Crippen LogP contribution in [0.2, 0.25) is 0 Å². The molecular formula is C12H16BrNO. The number of halogens is 1. The van der Waals surface area contributed by atoms with Crippen molar-refractivity contribution in [3.8, 4) is 0 Å². The maximum atomic E-state index is 9.92. The highest BCUT2D eigenvalue weighted by Crippen LogP contribution is 2.29. The summed E-state index contributed by atoms with van der Waals surface area (Å²) in [5, 5.41) is 13.3. The summed E-state index contributed by atoms with van der Waals surface area (Å²) in [4.78, 5) is 0. The van der Waals surface area contributed by atoms with E-state index >= 15 is 0 Å². The van der Waals surface area contributed by atoms with Crippen LogP contribution in [-0.4, -0.2) is 17.7 Å². The molecular weight excluding hydrogens is 254 g/mol. The summed E-state index contributed by atoms with van der Waals surface area (Å²) in [6.07, 6.45) is 0.834. The highest BCUT2D eigenvalue weighted by atomic mass is 79.9. The van der Waals surface area contributed by atoms with Gasteiger partial charge in [0.2, 0.25) is 0 Å². The Kier molecular flexibility index (Phi) is 3.44. The molecule has 0 amide bonds. The second-order valence-corrected chi connectivity index (χ2v) is 5.21. The molecule has 82 valence electrons. The van der Waals surface area contributed by atoms with Crippen molar-refractivity contribution in [3.63, 3.8) is 0 Å². The summed E-state index contributed by atoms with van der Waals surface area (Å²) in [5.41, 5.74) is 0.963. The SMILES string of the molecule is CC1CC1NCC(O)c1cccc(Br)c1. The molecule has 1 aliphatic rings. The fraction of sp³-hybridized carbons (Fsp3) is 0.500. The van der Waals surface area contributed by atoms with Gasteiger partial charge in [-0.1, -0.05) is 35.0 Å². The summed E-state index contributed by atoms with van der Waals surface area (Å²) in [6.45, 7) is 2.87. The Morgan fingerprint density at radius 1 is 1.60 bits per heavy atom. The van der Waals surface area contributed by atoms with Gasteiger partial charge in [-0.15, -0.1) is 0 Å². The number of rotatable bonds is 4. The van der Waals surface area contributed by atoms with Crippen molar-refractivity contribution >= 4 is 15.9 Å². The second-order valence-electron chi connectivity index (χ2n) is 4.30. The van der Waals surface area contributed by atoms with E-state index < -0.39 is 6.10 Å². The van der Waals surface area contributed by atoms with Crippen molar-refractivity contribution in [1.29, 1.82) is 0 Å². The van der Waals surface area contributed by atoms with E-state index in [0.29, 0.717) is 12.6 Å². The number of nitrogens with one attached hydrogen (secondary N) is 1. The first-order valence-electron chi connectivity index (χ1n) is 5.33. The van der Waals surface area contributed by atoms with Crippen LogP contribution in [0.5, 0.6) is 0 Å². The van der Waals surface area contributed by atoms with Crippen molar-refractivity contribution < 1.29 is 5.11 Å². The quantitative estimate of drug-likeness (QED) is 0.881. The molecule has 1 fully saturated rings. The number of aliphatic hydroxyl groups is 1. The van der Waals surface area contributed by atoms with Crippen LogP contribution in [0.1, 0.15) is 25.0 Å². The van der Waals surface area contributed by atoms with Crippen molar-refractivity contribution in [2.75, 3.05) is 6.54 Å². The van der Waals surface area contributed by atoms with E-state index in [9.17, 15) is 5.11 Å². The molecule has 1 aromatic carbocycles. The highest BCUT2D eigenvalue weighted by Gasteiger charge is 2.32. The molecule has 0 aliphatic heterocycles. The molecule has 2 N–H and O–H groups in total. The van der Waals surface area contributed by atoms with Gasteiger partial charge in [0, 0.05) is 17.1 Å². The highest BCUT2D eigenvalue weighted by molar-refractivity contribution is 9.10. The predicted molar refractivity (Wildman–Crippen MR) is 64.7 cm³/mol. The zero-order valence-electron chi connectivity index (χ0n) is 8.78. The molecule has 0 radical (unpaired) electrons. The van der Waals surface area contributed by atoms with E-state index in [1.807, 2.05) is 24.3 Å². The van der Waals surface area contributed by atoms with E-state index in [2.05, 4.69) is 28.2 Å². The summed E-state index contributed by atoms with van der Waals surface area (Å²) in [5.74, 6) is 0.778. The molecule has 2 rings (SSSR count). The average Bonchev–Trinajstić information content (AvgIpc) is 2.91. The van der Waals surface area contributed by atoms with Gasteiger partial charge < -0.3 is 10.4 Å². The third-order valence-electron chi connectivity index (χ3n) is 2.92. The van der Waals surface area contributed by atoms with Crippen molar-refractivity contribution in [3.05, 3.63) is 34.3 Å². The van der Waals surface area contributed by atoms with E-state index in [0.717, 1.165) is 16.0 Å². The van der Waals surface area contributed by atoms with Crippen molar-refractivity contribution in [2.45, 2.75) is 25.5 Å². The van der Waals surface area contributed by atoms with Gasteiger partial charge in [-0.25, -0.2) is 0 Å². The number of benzene rings is 1. The fourth-order valence-corrected chi connectivity index (χ4v) is 2.12. The van der Waals surface area contributed by atoms with Crippen LogP contribution in [0.3, 0.4) is 0 Å². The second kappa shape index (κ2) is 4.64. The molecule has 0 saturated heterocycles. The molecule has 3 atom stereocenters. The molecule has 3 heteroatoms. The Morgan fingerprint density at radius 2 is 2.33 bits per heavy atom. The smallest absolute Gasteiger partial charge is 0.0914 e. The summed E-state index contributed by atoms with van der Waals surface area (Å²) in [7, 11) is 0. The van der Waals surface area contributed by atoms with Crippen molar-refractivity contribution in [2.24, 2.45) is 5.92 Å². The third kappa shape index (κ3) is 3.03. The number of hydrogen-bond donors (Lipinski definition) is 2. The standard InChI is InChI=1S/C12H16BrNO/c1-8-5-11(8)14-7-12(15)9-3-2-4-10(13)6-9/h2-4,6,8,11-12,14-15H,5,7H2,1H3. The summed E-state index contributed by atoms with van der Waals surface area (Å²) in [6, 6.07) is 8.44. The molecule has 1 aliphatic carbocycles. The minimum Gasteiger partial charge on any atom is -0.387 e. The van der Waals surface area contributed by atoms with Gasteiger partial charge in [-0.2, -0.15) is 0 Å². The van der Waals surface area contributed by atoms with Crippen LogP contribution in [0.25, 0.3) is 0 Å². The third-order valence-corrected chi connectivity index (χ3v) is 3.41. The van der Waals surface area contributed by atoms with Gasteiger partial charge in [0.1, 0.15) is 0 Å². The lowest BCUT2D eigenvalue weighted by Gasteiger charge is -2.12. The first-order valence-corrected chi connectivity index (χ1v) is 6.13. The van der Waals surface area contributed by atoms with Gasteiger partial charge >= 0.3 is 0 Å². The molecule has 0 bridgehead atoms. The molecule has 3 unspecified atom stereocenters. The number of hydrogen-bond acceptors (Lipinski definition) is 2.